The first-order chi connectivity index (χ1) is 20.4. The molecule has 0 radical (unpaired) electrons. The Balaban J connectivity index is 1.20. The molecule has 0 atom stereocenters. The predicted molar refractivity (Wildman–Crippen MR) is 154 cm³/mol. The number of rotatable bonds is 7. The van der Waals surface area contributed by atoms with Crippen molar-refractivity contribution >= 4 is 34.6 Å². The second-order valence-corrected chi connectivity index (χ2v) is 9.76. The van der Waals surface area contributed by atoms with Gasteiger partial charge in [0.25, 0.3) is 0 Å². The summed E-state index contributed by atoms with van der Waals surface area (Å²) in [4.78, 5) is 13.3. The Bertz CT molecular complexity index is 1610. The molecule has 42 heavy (non-hydrogen) atoms. The smallest absolute Gasteiger partial charge is 0.387 e. The van der Waals surface area contributed by atoms with Gasteiger partial charge in [-0.2, -0.15) is 8.78 Å². The number of hydrazine groups is 1. The molecular weight excluding hydrogens is 568 g/mol. The van der Waals surface area contributed by atoms with E-state index in [2.05, 4.69) is 15.5 Å². The molecule has 6 rings (SSSR count). The zero-order valence-corrected chi connectivity index (χ0v) is 22.7. The van der Waals surface area contributed by atoms with Gasteiger partial charge in [0.15, 0.2) is 11.5 Å². The molecule has 2 N–H and O–H groups in total. The number of halogens is 3. The van der Waals surface area contributed by atoms with Crippen molar-refractivity contribution in [2.45, 2.75) is 6.61 Å². The predicted octanol–water partition coefficient (Wildman–Crippen LogP) is 7.43. The topological polar surface area (TPSA) is 81.3 Å². The third-order valence-electron chi connectivity index (χ3n) is 6.52. The average molecular weight is 592 g/mol. The number of ether oxygens (including phenoxy) is 4. The third-order valence-corrected chi connectivity index (χ3v) is 6.78. The van der Waals surface area contributed by atoms with E-state index in [0.717, 1.165) is 11.1 Å². The summed E-state index contributed by atoms with van der Waals surface area (Å²) >= 11 is 5.93. The fourth-order valence-corrected chi connectivity index (χ4v) is 4.67. The van der Waals surface area contributed by atoms with Crippen LogP contribution in [0, 0.1) is 0 Å². The number of hydrogen-bond donors (Lipinski definition) is 2. The number of amides is 2. The van der Waals surface area contributed by atoms with Gasteiger partial charge in [-0.3, -0.25) is 5.43 Å². The molecule has 8 nitrogen and oxygen atoms in total. The van der Waals surface area contributed by atoms with Crippen molar-refractivity contribution in [3.63, 3.8) is 0 Å². The van der Waals surface area contributed by atoms with Crippen molar-refractivity contribution in [2.75, 3.05) is 25.1 Å². The van der Waals surface area contributed by atoms with Crippen LogP contribution in [0.5, 0.6) is 28.7 Å². The Labute approximate surface area is 245 Å². The lowest BCUT2D eigenvalue weighted by Crippen LogP contribution is -2.40. The number of hydrogen-bond acceptors (Lipinski definition) is 6. The molecule has 4 aromatic rings. The first-order valence-corrected chi connectivity index (χ1v) is 13.4. The molecule has 2 heterocycles. The van der Waals surface area contributed by atoms with E-state index in [-0.39, 0.29) is 12.3 Å². The van der Waals surface area contributed by atoms with Crippen molar-refractivity contribution in [1.29, 1.82) is 0 Å². The van der Waals surface area contributed by atoms with Gasteiger partial charge in [-0.1, -0.05) is 17.7 Å². The molecule has 11 heteroatoms. The molecule has 0 saturated carbocycles. The quantitative estimate of drug-likeness (QED) is 0.233. The number of fused-ring (bicyclic) bond motifs is 1. The Hall–Kier alpha value is -4.96. The van der Waals surface area contributed by atoms with Crippen LogP contribution in [0.4, 0.5) is 19.3 Å². The number of benzene rings is 4. The van der Waals surface area contributed by atoms with Gasteiger partial charge >= 0.3 is 12.6 Å². The molecule has 0 unspecified atom stereocenters. The minimum atomic E-state index is -2.93. The first kappa shape index (κ1) is 27.2. The fraction of sp³-hybridized carbons (Fsp3) is 0.129. The van der Waals surface area contributed by atoms with Crippen LogP contribution in [-0.4, -0.2) is 37.4 Å². The summed E-state index contributed by atoms with van der Waals surface area (Å²) in [7, 11) is 0. The second kappa shape index (κ2) is 11.9. The minimum absolute atomic E-state index is 0.0336. The maximum atomic E-state index is 13.3. The van der Waals surface area contributed by atoms with Crippen LogP contribution >= 0.6 is 11.6 Å². The number of nitrogens with zero attached hydrogens (tertiary/aromatic N) is 1. The highest BCUT2D eigenvalue weighted by Crippen LogP contribution is 2.37. The lowest BCUT2D eigenvalue weighted by atomic mass is 10.00. The molecule has 4 aromatic carbocycles. The molecule has 2 amide bonds. The maximum absolute atomic E-state index is 13.3. The summed E-state index contributed by atoms with van der Waals surface area (Å²) in [5.41, 5.74) is 6.67. The van der Waals surface area contributed by atoms with Crippen molar-refractivity contribution in [2.24, 2.45) is 0 Å². The second-order valence-electron chi connectivity index (χ2n) is 9.32. The number of nitrogens with one attached hydrogen (secondary N) is 2. The molecule has 214 valence electrons. The van der Waals surface area contributed by atoms with Gasteiger partial charge in [-0.05, 0) is 90.5 Å². The summed E-state index contributed by atoms with van der Waals surface area (Å²) in [5.74, 6) is 2.52. The van der Waals surface area contributed by atoms with Crippen molar-refractivity contribution < 1.29 is 32.5 Å². The standard InChI is InChI=1S/C31H24ClF2N3O5/c32-21-4-10-23(11-5-21)41-24-12-6-22(7-13-24)35-31(38)37-18-26(20-3-14-27-28(17-20)40-16-15-39-27)29(36-37)19-1-8-25(9-2-19)42-30(33)34/h1-14,17,30,36H,15-16,18H2,(H,35,38). The Kier molecular flexibility index (Phi) is 7.70. The van der Waals surface area contributed by atoms with E-state index in [4.69, 9.17) is 25.8 Å². The fourth-order valence-electron chi connectivity index (χ4n) is 4.55. The van der Waals surface area contributed by atoms with Crippen molar-refractivity contribution in [3.8, 4) is 28.7 Å². The van der Waals surface area contributed by atoms with Crippen LogP contribution in [0.15, 0.2) is 91.0 Å². The first-order valence-electron chi connectivity index (χ1n) is 13.0. The van der Waals surface area contributed by atoms with Crippen molar-refractivity contribution in [3.05, 3.63) is 107 Å². The maximum Gasteiger partial charge on any atom is 0.387 e. The summed E-state index contributed by atoms with van der Waals surface area (Å²) in [6.07, 6.45) is 0. The number of carbonyl (C=O) groups is 1. The van der Waals surface area contributed by atoms with E-state index in [1.165, 1.54) is 17.1 Å². The van der Waals surface area contributed by atoms with E-state index >= 15 is 0 Å². The normalized spacial score (nSPS) is 14.0. The van der Waals surface area contributed by atoms with E-state index in [1.54, 1.807) is 60.7 Å². The monoisotopic (exact) mass is 591 g/mol. The molecule has 0 aromatic heterocycles. The SMILES string of the molecule is O=C(Nc1ccc(Oc2ccc(Cl)cc2)cc1)N1CC(c2ccc3c(c2)OCCO3)=C(c2ccc(OC(F)F)cc2)N1. The lowest BCUT2D eigenvalue weighted by Gasteiger charge is -2.20. The van der Waals surface area contributed by atoms with E-state index in [9.17, 15) is 13.6 Å². The zero-order valence-electron chi connectivity index (χ0n) is 22.0. The molecule has 2 aliphatic heterocycles. The van der Waals surface area contributed by atoms with Crippen LogP contribution < -0.4 is 29.7 Å². The van der Waals surface area contributed by atoms with Gasteiger partial charge in [0.05, 0.1) is 12.2 Å². The molecular formula is C31H24ClF2N3O5. The van der Waals surface area contributed by atoms with Crippen LogP contribution in [0.25, 0.3) is 11.3 Å². The van der Waals surface area contributed by atoms with Gasteiger partial charge < -0.3 is 24.3 Å². The van der Waals surface area contributed by atoms with E-state index < -0.39 is 12.6 Å². The zero-order chi connectivity index (χ0) is 29.1. The molecule has 2 aliphatic rings. The van der Waals surface area contributed by atoms with Crippen molar-refractivity contribution in [1.82, 2.24) is 10.4 Å². The summed E-state index contributed by atoms with van der Waals surface area (Å²) in [5, 5.41) is 4.93. The summed E-state index contributed by atoms with van der Waals surface area (Å²) in [6, 6.07) is 25.3. The van der Waals surface area contributed by atoms with Gasteiger partial charge in [0, 0.05) is 21.8 Å². The Morgan fingerprint density at radius 2 is 1.45 bits per heavy atom. The van der Waals surface area contributed by atoms with Gasteiger partial charge in [-0.25, -0.2) is 9.80 Å². The highest BCUT2D eigenvalue weighted by molar-refractivity contribution is 6.30. The highest BCUT2D eigenvalue weighted by atomic mass is 35.5. The highest BCUT2D eigenvalue weighted by Gasteiger charge is 2.28. The van der Waals surface area contributed by atoms with Crippen LogP contribution in [0.3, 0.4) is 0 Å². The van der Waals surface area contributed by atoms with Gasteiger partial charge in [0.2, 0.25) is 0 Å². The number of carbonyl (C=O) groups excluding carboxylic acids is 1. The Morgan fingerprint density at radius 1 is 0.833 bits per heavy atom. The minimum Gasteiger partial charge on any atom is -0.486 e. The third kappa shape index (κ3) is 6.18. The molecule has 0 aliphatic carbocycles. The Morgan fingerprint density at radius 3 is 2.14 bits per heavy atom. The lowest BCUT2D eigenvalue weighted by molar-refractivity contribution is -0.0498. The van der Waals surface area contributed by atoms with Gasteiger partial charge in [-0.15, -0.1) is 0 Å². The van der Waals surface area contributed by atoms with Crippen LogP contribution in [0.2, 0.25) is 5.02 Å². The molecule has 0 saturated heterocycles. The number of alkyl halides is 2. The van der Waals surface area contributed by atoms with Gasteiger partial charge in [0.1, 0.15) is 30.5 Å². The van der Waals surface area contributed by atoms with E-state index in [1.807, 2.05) is 18.2 Å². The molecule has 0 spiro atoms. The number of urea groups is 1. The van der Waals surface area contributed by atoms with Crippen LogP contribution in [0.1, 0.15) is 11.1 Å². The summed E-state index contributed by atoms with van der Waals surface area (Å²) < 4.78 is 47.0. The molecule has 0 fully saturated rings. The largest absolute Gasteiger partial charge is 0.486 e. The summed E-state index contributed by atoms with van der Waals surface area (Å²) in [6.45, 7) is -1.81. The average Bonchev–Trinajstić information content (AvgIpc) is 3.45. The van der Waals surface area contributed by atoms with Crippen LogP contribution in [-0.2, 0) is 0 Å². The number of anilines is 1. The molecule has 0 bridgehead atoms. The van der Waals surface area contributed by atoms with E-state index in [0.29, 0.717) is 58.2 Å².